The average molecular weight is 245 g/mol. The highest BCUT2D eigenvalue weighted by Crippen LogP contribution is 2.41. The lowest BCUT2D eigenvalue weighted by atomic mass is 9.71. The molecule has 0 aromatic rings. The summed E-state index contributed by atoms with van der Waals surface area (Å²) >= 11 is 0. The molecule has 92 valence electrons. The maximum Gasteiger partial charge on any atom is 0.148 e. The van der Waals surface area contributed by atoms with E-state index >= 15 is 0 Å². The van der Waals surface area contributed by atoms with Crippen LogP contribution in [0.5, 0.6) is 0 Å². The summed E-state index contributed by atoms with van der Waals surface area (Å²) in [5, 5.41) is 18.6. The van der Waals surface area contributed by atoms with Crippen LogP contribution in [0, 0.1) is 16.7 Å². The standard InChI is InChI=1S/C11H19NO3S/c1-16(14,15)9-11(10(13)5-8-12)6-3-2-4-7-11/h10,13H,2-7,9H2,1H3. The van der Waals surface area contributed by atoms with Crippen LogP contribution >= 0.6 is 0 Å². The number of nitriles is 1. The molecule has 1 aliphatic carbocycles. The summed E-state index contributed by atoms with van der Waals surface area (Å²) in [6, 6.07) is 1.93. The van der Waals surface area contributed by atoms with Crippen molar-refractivity contribution in [2.24, 2.45) is 5.41 Å². The largest absolute Gasteiger partial charge is 0.391 e. The lowest BCUT2D eigenvalue weighted by Gasteiger charge is -2.39. The van der Waals surface area contributed by atoms with Gasteiger partial charge in [-0.25, -0.2) is 8.42 Å². The van der Waals surface area contributed by atoms with Crippen LogP contribution in [0.25, 0.3) is 0 Å². The smallest absolute Gasteiger partial charge is 0.148 e. The van der Waals surface area contributed by atoms with Gasteiger partial charge in [0.25, 0.3) is 0 Å². The van der Waals surface area contributed by atoms with Crippen molar-refractivity contribution in [3.8, 4) is 6.07 Å². The molecule has 1 aliphatic rings. The molecule has 0 spiro atoms. The Balaban J connectivity index is 2.88. The van der Waals surface area contributed by atoms with Crippen LogP contribution in [0.3, 0.4) is 0 Å². The first-order chi connectivity index (χ1) is 7.40. The monoisotopic (exact) mass is 245 g/mol. The molecule has 0 radical (unpaired) electrons. The van der Waals surface area contributed by atoms with Crippen molar-refractivity contribution in [3.63, 3.8) is 0 Å². The molecule has 1 saturated carbocycles. The van der Waals surface area contributed by atoms with Gasteiger partial charge < -0.3 is 5.11 Å². The van der Waals surface area contributed by atoms with Gasteiger partial charge in [-0.2, -0.15) is 5.26 Å². The van der Waals surface area contributed by atoms with E-state index in [1.165, 1.54) is 6.26 Å². The summed E-state index contributed by atoms with van der Waals surface area (Å²) in [4.78, 5) is 0. The minimum atomic E-state index is -3.11. The third-order valence-electron chi connectivity index (χ3n) is 3.39. The summed E-state index contributed by atoms with van der Waals surface area (Å²) in [5.41, 5.74) is -0.582. The molecule has 5 heteroatoms. The Morgan fingerprint density at radius 3 is 2.38 bits per heavy atom. The number of hydrogen-bond donors (Lipinski definition) is 1. The van der Waals surface area contributed by atoms with Gasteiger partial charge in [0.1, 0.15) is 9.84 Å². The van der Waals surface area contributed by atoms with E-state index in [1.54, 1.807) is 0 Å². The average Bonchev–Trinajstić information content (AvgIpc) is 2.17. The van der Waals surface area contributed by atoms with Crippen molar-refractivity contribution in [1.29, 1.82) is 5.26 Å². The molecule has 1 rings (SSSR count). The van der Waals surface area contributed by atoms with E-state index in [9.17, 15) is 13.5 Å². The van der Waals surface area contributed by atoms with E-state index in [1.807, 2.05) is 6.07 Å². The van der Waals surface area contributed by atoms with Gasteiger partial charge in [0, 0.05) is 11.7 Å². The zero-order chi connectivity index (χ0) is 12.2. The van der Waals surface area contributed by atoms with Crippen LogP contribution in [-0.4, -0.2) is 31.6 Å². The normalized spacial score (nSPS) is 22.3. The van der Waals surface area contributed by atoms with E-state index in [0.717, 1.165) is 19.3 Å². The Bertz CT molecular complexity index is 363. The molecule has 1 fully saturated rings. The van der Waals surface area contributed by atoms with Crippen molar-refractivity contribution in [2.45, 2.75) is 44.6 Å². The van der Waals surface area contributed by atoms with Gasteiger partial charge in [-0.05, 0) is 12.8 Å². The Hall–Kier alpha value is -0.600. The third kappa shape index (κ3) is 3.46. The fraction of sp³-hybridized carbons (Fsp3) is 0.909. The van der Waals surface area contributed by atoms with Crippen molar-refractivity contribution < 1.29 is 13.5 Å². The quantitative estimate of drug-likeness (QED) is 0.808. The van der Waals surface area contributed by atoms with Gasteiger partial charge in [0.2, 0.25) is 0 Å². The van der Waals surface area contributed by atoms with E-state index in [4.69, 9.17) is 5.26 Å². The van der Waals surface area contributed by atoms with E-state index in [-0.39, 0.29) is 12.2 Å². The summed E-state index contributed by atoms with van der Waals surface area (Å²) < 4.78 is 22.8. The molecule has 0 saturated heterocycles. The molecule has 0 bridgehead atoms. The summed E-state index contributed by atoms with van der Waals surface area (Å²) in [7, 11) is -3.11. The molecule has 1 unspecified atom stereocenters. The highest BCUT2D eigenvalue weighted by Gasteiger charge is 2.41. The molecule has 1 N–H and O–H groups in total. The lowest BCUT2D eigenvalue weighted by molar-refractivity contribution is 0.0159. The fourth-order valence-corrected chi connectivity index (χ4v) is 4.18. The molecular formula is C11H19NO3S. The molecule has 1 atom stereocenters. The second-order valence-corrected chi connectivity index (χ2v) is 7.01. The summed E-state index contributed by atoms with van der Waals surface area (Å²) in [6.07, 6.45) is 4.80. The molecular weight excluding hydrogens is 226 g/mol. The van der Waals surface area contributed by atoms with Gasteiger partial charge in [0.15, 0.2) is 0 Å². The van der Waals surface area contributed by atoms with Gasteiger partial charge in [-0.15, -0.1) is 0 Å². The lowest BCUT2D eigenvalue weighted by Crippen LogP contribution is -2.42. The highest BCUT2D eigenvalue weighted by atomic mass is 32.2. The van der Waals surface area contributed by atoms with Crippen molar-refractivity contribution in [1.82, 2.24) is 0 Å². The van der Waals surface area contributed by atoms with Crippen molar-refractivity contribution >= 4 is 9.84 Å². The third-order valence-corrected chi connectivity index (χ3v) is 4.49. The SMILES string of the molecule is CS(=O)(=O)CC1(C(O)CC#N)CCCCC1. The second-order valence-electron chi connectivity index (χ2n) is 4.87. The fourth-order valence-electron chi connectivity index (χ4n) is 2.65. The van der Waals surface area contributed by atoms with E-state index in [2.05, 4.69) is 0 Å². The number of nitrogens with zero attached hydrogens (tertiary/aromatic N) is 1. The van der Waals surface area contributed by atoms with E-state index in [0.29, 0.717) is 12.8 Å². The minimum absolute atomic E-state index is 0.00282. The number of aliphatic hydroxyl groups excluding tert-OH is 1. The number of hydrogen-bond acceptors (Lipinski definition) is 4. The van der Waals surface area contributed by atoms with Crippen LogP contribution in [0.4, 0.5) is 0 Å². The van der Waals surface area contributed by atoms with Gasteiger partial charge in [-0.3, -0.25) is 0 Å². The number of rotatable bonds is 4. The molecule has 0 amide bonds. The first-order valence-electron chi connectivity index (χ1n) is 5.62. The Morgan fingerprint density at radius 2 is 1.94 bits per heavy atom. The molecule has 0 heterocycles. The van der Waals surface area contributed by atoms with Crippen LogP contribution in [-0.2, 0) is 9.84 Å². The highest BCUT2D eigenvalue weighted by molar-refractivity contribution is 7.90. The van der Waals surface area contributed by atoms with Crippen LogP contribution in [0.2, 0.25) is 0 Å². The molecule has 16 heavy (non-hydrogen) atoms. The first-order valence-corrected chi connectivity index (χ1v) is 7.68. The Kier molecular flexibility index (Phi) is 4.34. The van der Waals surface area contributed by atoms with Gasteiger partial charge in [0.05, 0.1) is 24.3 Å². The molecule has 4 nitrogen and oxygen atoms in total. The second kappa shape index (κ2) is 5.15. The van der Waals surface area contributed by atoms with Gasteiger partial charge in [-0.1, -0.05) is 19.3 Å². The van der Waals surface area contributed by atoms with Crippen molar-refractivity contribution in [3.05, 3.63) is 0 Å². The van der Waals surface area contributed by atoms with Crippen molar-refractivity contribution in [2.75, 3.05) is 12.0 Å². The Morgan fingerprint density at radius 1 is 1.38 bits per heavy atom. The number of sulfone groups is 1. The topological polar surface area (TPSA) is 78.2 Å². The summed E-state index contributed by atoms with van der Waals surface area (Å²) in [6.45, 7) is 0. The van der Waals surface area contributed by atoms with Crippen LogP contribution < -0.4 is 0 Å². The zero-order valence-corrected chi connectivity index (χ0v) is 10.5. The predicted molar refractivity (Wildman–Crippen MR) is 61.5 cm³/mol. The van der Waals surface area contributed by atoms with Gasteiger partial charge >= 0.3 is 0 Å². The van der Waals surface area contributed by atoms with Crippen LogP contribution in [0.15, 0.2) is 0 Å². The molecule has 0 aromatic carbocycles. The maximum absolute atomic E-state index is 11.4. The molecule has 0 aliphatic heterocycles. The zero-order valence-electron chi connectivity index (χ0n) is 9.65. The Labute approximate surface area is 97.2 Å². The van der Waals surface area contributed by atoms with Crippen LogP contribution in [0.1, 0.15) is 38.5 Å². The van der Waals surface area contributed by atoms with E-state index < -0.39 is 21.4 Å². The number of aliphatic hydroxyl groups is 1. The predicted octanol–water partition coefficient (Wildman–Crippen LogP) is 1.26. The maximum atomic E-state index is 11.4. The minimum Gasteiger partial charge on any atom is -0.391 e. The first kappa shape index (κ1) is 13.5. The molecule has 0 aromatic heterocycles. The summed E-state index contributed by atoms with van der Waals surface area (Å²) in [5.74, 6) is 0.00282.